The number of sulfonamides is 1. The highest BCUT2D eigenvalue weighted by atomic mass is 32.2. The Morgan fingerprint density at radius 2 is 2.03 bits per heavy atom. The van der Waals surface area contributed by atoms with Crippen molar-refractivity contribution in [2.24, 2.45) is 0 Å². The Morgan fingerprint density at radius 1 is 1.22 bits per heavy atom. The molecule has 0 fully saturated rings. The lowest BCUT2D eigenvalue weighted by Crippen LogP contribution is -2.13. The van der Waals surface area contributed by atoms with Gasteiger partial charge in [-0.3, -0.25) is 4.72 Å². The number of thiazole rings is 1. The van der Waals surface area contributed by atoms with E-state index in [0.717, 1.165) is 22.6 Å². The Hall–Kier alpha value is -3.72. The van der Waals surface area contributed by atoms with Crippen LogP contribution in [0.4, 0.5) is 5.13 Å². The molecule has 9 nitrogen and oxygen atoms in total. The van der Waals surface area contributed by atoms with E-state index in [2.05, 4.69) is 14.8 Å². The predicted octanol–water partition coefficient (Wildman–Crippen LogP) is 3.94. The highest BCUT2D eigenvalue weighted by Crippen LogP contribution is 2.29. The molecule has 0 spiro atoms. The standard InChI is InChI=1S/C21H17N5O4S2/c1-29-14-15-12-24-26(13-15)17-2-4-18(5-3-17)30-20-7-6-19(10-16(20)11-22)32(27,28)25-21-23-8-9-31-21/h2-10,12-13H,14H2,1H3,(H,23,25). The topological polar surface area (TPSA) is 119 Å². The van der Waals surface area contributed by atoms with Crippen molar-refractivity contribution in [1.82, 2.24) is 14.8 Å². The molecule has 0 aliphatic rings. The number of nitrogens with zero attached hydrogens (tertiary/aromatic N) is 4. The van der Waals surface area contributed by atoms with E-state index in [4.69, 9.17) is 9.47 Å². The number of aromatic nitrogens is 3. The lowest BCUT2D eigenvalue weighted by molar-refractivity contribution is 0.185. The van der Waals surface area contributed by atoms with E-state index in [-0.39, 0.29) is 21.3 Å². The fraction of sp³-hybridized carbons (Fsp3) is 0.0952. The van der Waals surface area contributed by atoms with Crippen molar-refractivity contribution in [3.05, 3.63) is 77.6 Å². The van der Waals surface area contributed by atoms with Crippen LogP contribution in [0.2, 0.25) is 0 Å². The first-order valence-corrected chi connectivity index (χ1v) is 11.6. The second-order valence-electron chi connectivity index (χ2n) is 6.53. The van der Waals surface area contributed by atoms with Crippen LogP contribution in [0, 0.1) is 11.3 Å². The van der Waals surface area contributed by atoms with Gasteiger partial charge in [0.05, 0.1) is 29.0 Å². The lowest BCUT2D eigenvalue weighted by Gasteiger charge is -2.10. The van der Waals surface area contributed by atoms with Gasteiger partial charge in [0.15, 0.2) is 5.13 Å². The molecule has 11 heteroatoms. The molecule has 32 heavy (non-hydrogen) atoms. The number of anilines is 1. The highest BCUT2D eigenvalue weighted by molar-refractivity contribution is 7.93. The van der Waals surface area contributed by atoms with Gasteiger partial charge in [0.2, 0.25) is 0 Å². The van der Waals surface area contributed by atoms with E-state index in [9.17, 15) is 13.7 Å². The Kier molecular flexibility index (Phi) is 6.18. The number of hydrogen-bond donors (Lipinski definition) is 1. The summed E-state index contributed by atoms with van der Waals surface area (Å²) in [4.78, 5) is 3.85. The molecule has 0 amide bonds. The quantitative estimate of drug-likeness (QED) is 0.417. The van der Waals surface area contributed by atoms with Gasteiger partial charge in [-0.15, -0.1) is 11.3 Å². The number of methoxy groups -OCH3 is 1. The molecular formula is C21H17N5O4S2. The first-order chi connectivity index (χ1) is 15.5. The van der Waals surface area contributed by atoms with Gasteiger partial charge < -0.3 is 9.47 Å². The summed E-state index contributed by atoms with van der Waals surface area (Å²) < 4.78 is 40.1. The minimum atomic E-state index is -3.87. The third kappa shape index (κ3) is 4.78. The zero-order valence-electron chi connectivity index (χ0n) is 16.8. The zero-order valence-corrected chi connectivity index (χ0v) is 18.4. The van der Waals surface area contributed by atoms with Crippen molar-refractivity contribution in [2.75, 3.05) is 11.8 Å². The smallest absolute Gasteiger partial charge is 0.263 e. The van der Waals surface area contributed by atoms with Crippen LogP contribution in [0.25, 0.3) is 5.69 Å². The maximum atomic E-state index is 12.5. The molecule has 2 aromatic carbocycles. The average Bonchev–Trinajstić information content (AvgIpc) is 3.47. The summed E-state index contributed by atoms with van der Waals surface area (Å²) in [6.07, 6.45) is 5.09. The number of ether oxygens (including phenoxy) is 2. The second kappa shape index (κ2) is 9.19. The van der Waals surface area contributed by atoms with E-state index >= 15 is 0 Å². The fourth-order valence-corrected chi connectivity index (χ4v) is 4.65. The Balaban J connectivity index is 1.52. The second-order valence-corrected chi connectivity index (χ2v) is 9.11. The molecular weight excluding hydrogens is 450 g/mol. The van der Waals surface area contributed by atoms with E-state index in [1.54, 1.807) is 35.5 Å². The number of hydrogen-bond acceptors (Lipinski definition) is 8. The number of nitrogens with one attached hydrogen (secondary N) is 1. The molecule has 162 valence electrons. The van der Waals surface area contributed by atoms with Gasteiger partial charge in [-0.25, -0.2) is 18.1 Å². The molecule has 0 bridgehead atoms. The van der Waals surface area contributed by atoms with Gasteiger partial charge in [-0.1, -0.05) is 0 Å². The van der Waals surface area contributed by atoms with Crippen molar-refractivity contribution in [1.29, 1.82) is 5.26 Å². The summed E-state index contributed by atoms with van der Waals surface area (Å²) in [5.74, 6) is 0.737. The maximum absolute atomic E-state index is 12.5. The first-order valence-electron chi connectivity index (χ1n) is 9.26. The van der Waals surface area contributed by atoms with E-state index in [1.807, 2.05) is 24.4 Å². The van der Waals surface area contributed by atoms with Crippen LogP contribution in [-0.4, -0.2) is 30.3 Å². The molecule has 1 N–H and O–H groups in total. The van der Waals surface area contributed by atoms with Crippen molar-refractivity contribution >= 4 is 26.5 Å². The Bertz CT molecular complexity index is 1360. The van der Waals surface area contributed by atoms with E-state index in [1.165, 1.54) is 24.4 Å². The van der Waals surface area contributed by atoms with Crippen molar-refractivity contribution in [2.45, 2.75) is 11.5 Å². The largest absolute Gasteiger partial charge is 0.456 e. The Labute approximate surface area is 188 Å². The van der Waals surface area contributed by atoms with Crippen LogP contribution < -0.4 is 9.46 Å². The van der Waals surface area contributed by atoms with Crippen LogP contribution in [0.15, 0.2) is 71.3 Å². The van der Waals surface area contributed by atoms with Gasteiger partial charge in [0.25, 0.3) is 10.0 Å². The molecule has 2 aromatic heterocycles. The highest BCUT2D eigenvalue weighted by Gasteiger charge is 2.18. The summed E-state index contributed by atoms with van der Waals surface area (Å²) in [7, 11) is -2.25. The summed E-state index contributed by atoms with van der Waals surface area (Å²) in [6, 6.07) is 13.2. The van der Waals surface area contributed by atoms with Crippen LogP contribution in [0.5, 0.6) is 11.5 Å². The van der Waals surface area contributed by atoms with Crippen LogP contribution >= 0.6 is 11.3 Å². The molecule has 0 unspecified atom stereocenters. The molecule has 4 aromatic rings. The van der Waals surface area contributed by atoms with Gasteiger partial charge in [-0.05, 0) is 42.5 Å². The van der Waals surface area contributed by atoms with Crippen LogP contribution in [-0.2, 0) is 21.4 Å². The van der Waals surface area contributed by atoms with Gasteiger partial charge in [0.1, 0.15) is 17.6 Å². The maximum Gasteiger partial charge on any atom is 0.263 e. The Morgan fingerprint density at radius 3 is 2.72 bits per heavy atom. The van der Waals surface area contributed by atoms with Crippen molar-refractivity contribution in [3.63, 3.8) is 0 Å². The summed E-state index contributed by atoms with van der Waals surface area (Å²) >= 11 is 1.16. The third-order valence-electron chi connectivity index (χ3n) is 4.31. The minimum absolute atomic E-state index is 0.0579. The van der Waals surface area contributed by atoms with Crippen LogP contribution in [0.1, 0.15) is 11.1 Å². The third-order valence-corrected chi connectivity index (χ3v) is 6.47. The number of rotatable bonds is 8. The summed E-state index contributed by atoms with van der Waals surface area (Å²) in [6.45, 7) is 0.475. The van der Waals surface area contributed by atoms with E-state index < -0.39 is 10.0 Å². The number of benzene rings is 2. The first kappa shape index (κ1) is 21.5. The zero-order chi connectivity index (χ0) is 22.6. The molecule has 0 aliphatic carbocycles. The van der Waals surface area contributed by atoms with E-state index in [0.29, 0.717) is 12.4 Å². The molecule has 0 saturated carbocycles. The summed E-state index contributed by atoms with van der Waals surface area (Å²) in [5, 5.41) is 15.7. The molecule has 0 radical (unpaired) electrons. The van der Waals surface area contributed by atoms with Crippen molar-refractivity contribution in [3.8, 4) is 23.3 Å². The predicted molar refractivity (Wildman–Crippen MR) is 118 cm³/mol. The van der Waals surface area contributed by atoms with Crippen LogP contribution in [0.3, 0.4) is 0 Å². The lowest BCUT2D eigenvalue weighted by atomic mass is 10.2. The van der Waals surface area contributed by atoms with Crippen molar-refractivity contribution < 1.29 is 17.9 Å². The normalized spacial score (nSPS) is 11.1. The molecule has 0 atom stereocenters. The SMILES string of the molecule is COCc1cnn(-c2ccc(Oc3ccc(S(=O)(=O)Nc4nccs4)cc3C#N)cc2)c1. The number of nitriles is 1. The van der Waals surface area contributed by atoms with Gasteiger partial charge >= 0.3 is 0 Å². The molecule has 0 saturated heterocycles. The minimum Gasteiger partial charge on any atom is -0.456 e. The monoisotopic (exact) mass is 467 g/mol. The van der Waals surface area contributed by atoms with Gasteiger partial charge in [-0.2, -0.15) is 10.4 Å². The molecule has 0 aliphatic heterocycles. The summed E-state index contributed by atoms with van der Waals surface area (Å²) in [5.41, 5.74) is 1.87. The fourth-order valence-electron chi connectivity index (χ4n) is 2.84. The average molecular weight is 468 g/mol. The molecule has 4 rings (SSSR count). The molecule has 2 heterocycles. The van der Waals surface area contributed by atoms with Gasteiger partial charge in [0, 0.05) is 30.4 Å².